The molecule has 0 aliphatic heterocycles. The van der Waals surface area contributed by atoms with Crippen molar-refractivity contribution in [3.05, 3.63) is 67.8 Å². The highest BCUT2D eigenvalue weighted by Crippen LogP contribution is 2.57. The molecule has 6 rings (SSSR count). The van der Waals surface area contributed by atoms with Crippen LogP contribution in [0, 0.1) is 3.57 Å². The minimum absolute atomic E-state index is 0.0661. The molecule has 4 aliphatic carbocycles. The van der Waals surface area contributed by atoms with Crippen LogP contribution < -0.4 is 0 Å². The molecule has 0 amide bonds. The van der Waals surface area contributed by atoms with E-state index in [4.69, 9.17) is 0 Å². The van der Waals surface area contributed by atoms with Gasteiger partial charge in [0.05, 0.1) is 5.56 Å². The Morgan fingerprint density at radius 1 is 0.586 bits per heavy atom. The van der Waals surface area contributed by atoms with Gasteiger partial charge in [-0.3, -0.25) is 0 Å². The Morgan fingerprint density at radius 3 is 1.45 bits per heavy atom. The van der Waals surface area contributed by atoms with Gasteiger partial charge in [0.1, 0.15) is 0 Å². The first kappa shape index (κ1) is 22.1. The Balaban J connectivity index is 2.51. The Hall–Kier alpha value is -1.60. The summed E-state index contributed by atoms with van der Waals surface area (Å²) in [4.78, 5) is 0. The second kappa shape index (κ2) is 6.20. The lowest BCUT2D eigenvalue weighted by Gasteiger charge is -2.33. The molecule has 0 aromatic heterocycles. The standard InChI is InChI=1S/C17H6F11I/c18-13(19)7-1-3-9(11(5-7)17(26,27)28)15(22,23)14(20,21)8-2-4-10(12(29)6-8)16(13,24)25/h1-6H. The van der Waals surface area contributed by atoms with E-state index in [-0.39, 0.29) is 30.3 Å². The zero-order valence-corrected chi connectivity index (χ0v) is 15.7. The van der Waals surface area contributed by atoms with Crippen LogP contribution in [0.1, 0.15) is 27.8 Å². The topological polar surface area (TPSA) is 0 Å². The number of halogens is 12. The summed E-state index contributed by atoms with van der Waals surface area (Å²) in [6, 6.07) is -0.786. The van der Waals surface area contributed by atoms with Crippen molar-refractivity contribution < 1.29 is 48.3 Å². The molecule has 12 heteroatoms. The zero-order valence-electron chi connectivity index (χ0n) is 13.5. The monoisotopic (exact) mass is 546 g/mol. The molecule has 2 aromatic carbocycles. The van der Waals surface area contributed by atoms with Crippen molar-refractivity contribution in [1.82, 2.24) is 0 Å². The Morgan fingerprint density at radius 2 is 1.00 bits per heavy atom. The van der Waals surface area contributed by atoms with E-state index in [1.165, 1.54) is 0 Å². The fourth-order valence-electron chi connectivity index (χ4n) is 2.91. The second-order valence-corrected chi connectivity index (χ2v) is 7.41. The van der Waals surface area contributed by atoms with Crippen LogP contribution in [-0.2, 0) is 29.9 Å². The summed E-state index contributed by atoms with van der Waals surface area (Å²) in [6.45, 7) is 0. The predicted molar refractivity (Wildman–Crippen MR) is 86.2 cm³/mol. The molecule has 0 atom stereocenters. The molecular formula is C17H6F11I. The Labute approximate surface area is 168 Å². The summed E-state index contributed by atoms with van der Waals surface area (Å²) in [5.74, 6) is -21.1. The van der Waals surface area contributed by atoms with E-state index in [2.05, 4.69) is 0 Å². The van der Waals surface area contributed by atoms with Gasteiger partial charge in [-0.05, 0) is 34.7 Å². The molecule has 0 heterocycles. The van der Waals surface area contributed by atoms with E-state index in [9.17, 15) is 48.3 Å². The molecule has 0 fully saturated rings. The molecule has 158 valence electrons. The van der Waals surface area contributed by atoms with Crippen LogP contribution in [0.4, 0.5) is 48.3 Å². The van der Waals surface area contributed by atoms with Crippen LogP contribution in [0.3, 0.4) is 0 Å². The number of hydrogen-bond acceptors (Lipinski definition) is 0. The van der Waals surface area contributed by atoms with Gasteiger partial charge in [0.2, 0.25) is 0 Å². The number of benzene rings is 2. The molecule has 29 heavy (non-hydrogen) atoms. The summed E-state index contributed by atoms with van der Waals surface area (Å²) < 4.78 is 155. The van der Waals surface area contributed by atoms with Gasteiger partial charge in [-0.15, -0.1) is 0 Å². The number of alkyl halides is 11. The molecule has 4 aliphatic rings. The van der Waals surface area contributed by atoms with Crippen LogP contribution in [-0.4, -0.2) is 0 Å². The fourth-order valence-corrected chi connectivity index (χ4v) is 3.77. The minimum atomic E-state index is -5.79. The lowest BCUT2D eigenvalue weighted by atomic mass is 9.86. The smallest absolute Gasteiger partial charge is 0.194 e. The number of rotatable bonds is 0. The highest BCUT2D eigenvalue weighted by atomic mass is 127. The Kier molecular flexibility index (Phi) is 4.73. The highest BCUT2D eigenvalue weighted by molar-refractivity contribution is 14.1. The van der Waals surface area contributed by atoms with Crippen LogP contribution in [0.2, 0.25) is 0 Å². The van der Waals surface area contributed by atoms with Crippen molar-refractivity contribution in [2.24, 2.45) is 0 Å². The van der Waals surface area contributed by atoms with Gasteiger partial charge in [-0.25, -0.2) is 0 Å². The third-order valence-corrected chi connectivity index (χ3v) is 5.38. The molecule has 0 N–H and O–H groups in total. The first-order chi connectivity index (χ1) is 13.0. The number of hydrogen-bond donors (Lipinski definition) is 0. The van der Waals surface area contributed by atoms with E-state index < -0.39 is 67.3 Å². The van der Waals surface area contributed by atoms with Crippen LogP contribution in [0.5, 0.6) is 0 Å². The van der Waals surface area contributed by atoms with Gasteiger partial charge in [-0.2, -0.15) is 48.3 Å². The van der Waals surface area contributed by atoms with E-state index >= 15 is 0 Å². The third kappa shape index (κ3) is 3.00. The van der Waals surface area contributed by atoms with Gasteiger partial charge in [0.15, 0.2) is 0 Å². The summed E-state index contributed by atoms with van der Waals surface area (Å²) >= 11 is 0.992. The average molecular weight is 546 g/mol. The van der Waals surface area contributed by atoms with Gasteiger partial charge in [0.25, 0.3) is 0 Å². The maximum atomic E-state index is 14.5. The molecule has 4 bridgehead atoms. The molecule has 0 unspecified atom stereocenters. The predicted octanol–water partition coefficient (Wildman–Crippen LogP) is 7.39. The third-order valence-electron chi connectivity index (χ3n) is 4.48. The maximum Gasteiger partial charge on any atom is 0.416 e. The van der Waals surface area contributed by atoms with E-state index in [0.29, 0.717) is 0 Å². The summed E-state index contributed by atoms with van der Waals surface area (Å²) in [7, 11) is 0. The fraction of sp³-hybridized carbons (Fsp3) is 0.294. The Bertz CT molecular complexity index is 976. The highest BCUT2D eigenvalue weighted by Gasteiger charge is 2.64. The van der Waals surface area contributed by atoms with Crippen molar-refractivity contribution in [2.75, 3.05) is 0 Å². The van der Waals surface area contributed by atoms with Gasteiger partial charge >= 0.3 is 29.9 Å². The largest absolute Gasteiger partial charge is 0.416 e. The van der Waals surface area contributed by atoms with E-state index in [0.717, 1.165) is 22.6 Å². The minimum Gasteiger partial charge on any atom is -0.194 e. The van der Waals surface area contributed by atoms with Crippen LogP contribution in [0.25, 0.3) is 0 Å². The maximum absolute atomic E-state index is 14.5. The summed E-state index contributed by atoms with van der Waals surface area (Å²) in [6.07, 6.45) is -5.79. The molecule has 0 spiro atoms. The van der Waals surface area contributed by atoms with E-state index in [1.54, 1.807) is 0 Å². The SMILES string of the molecule is FC(F)(F)c1cc2ccc1C(F)(F)C(F)(F)c1ccc(c(I)c1)C(F)(F)C2(F)F. The van der Waals surface area contributed by atoms with Crippen molar-refractivity contribution in [3.63, 3.8) is 0 Å². The quantitative estimate of drug-likeness (QED) is 0.239. The molecule has 0 saturated carbocycles. The lowest BCUT2D eigenvalue weighted by molar-refractivity contribution is -0.231. The lowest BCUT2D eigenvalue weighted by Crippen LogP contribution is -2.40. The van der Waals surface area contributed by atoms with Gasteiger partial charge < -0.3 is 0 Å². The van der Waals surface area contributed by atoms with Crippen molar-refractivity contribution in [1.29, 1.82) is 0 Å². The normalized spacial score (nSPS) is 21.5. The van der Waals surface area contributed by atoms with Crippen molar-refractivity contribution in [2.45, 2.75) is 29.9 Å². The van der Waals surface area contributed by atoms with E-state index in [1.807, 2.05) is 0 Å². The molecule has 0 saturated heterocycles. The zero-order chi connectivity index (χ0) is 22.2. The first-order valence-corrected chi connectivity index (χ1v) is 8.57. The average Bonchev–Trinajstić information content (AvgIpc) is 2.59. The van der Waals surface area contributed by atoms with Crippen molar-refractivity contribution in [3.8, 4) is 0 Å². The van der Waals surface area contributed by atoms with Crippen LogP contribution >= 0.6 is 22.6 Å². The first-order valence-electron chi connectivity index (χ1n) is 7.49. The molecule has 0 radical (unpaired) electrons. The van der Waals surface area contributed by atoms with Crippen LogP contribution in [0.15, 0.2) is 36.4 Å². The summed E-state index contributed by atoms with van der Waals surface area (Å²) in [5.41, 5.74) is -9.91. The second-order valence-electron chi connectivity index (χ2n) is 6.25. The van der Waals surface area contributed by atoms with Gasteiger partial charge in [-0.1, -0.05) is 24.3 Å². The summed E-state index contributed by atoms with van der Waals surface area (Å²) in [5, 5.41) is 0. The molecular weight excluding hydrogens is 540 g/mol. The van der Waals surface area contributed by atoms with Crippen molar-refractivity contribution >= 4 is 22.6 Å². The van der Waals surface area contributed by atoms with Gasteiger partial charge in [0, 0.05) is 25.8 Å². The molecule has 0 nitrogen and oxygen atoms in total. The molecule has 2 aromatic rings.